The van der Waals surface area contributed by atoms with Gasteiger partial charge in [0, 0.05) is 27.9 Å². The average molecular weight is 428 g/mol. The SMILES string of the molecule is CCCCC(=O)Nc1sc2c(c1-c1nc3ccccc3s1)CC(C)(C)NC2(C)C. The topological polar surface area (TPSA) is 54.0 Å². The summed E-state index contributed by atoms with van der Waals surface area (Å²) in [6.45, 7) is 11.1. The number of unbranched alkanes of at least 4 members (excludes halogenated alkanes) is 1. The molecule has 2 aromatic heterocycles. The fraction of sp³-hybridized carbons (Fsp3) is 0.478. The molecule has 6 heteroatoms. The molecule has 4 rings (SSSR count). The van der Waals surface area contributed by atoms with Gasteiger partial charge in [-0.25, -0.2) is 4.98 Å². The number of fused-ring (bicyclic) bond motifs is 2. The van der Waals surface area contributed by atoms with E-state index in [1.54, 1.807) is 22.7 Å². The van der Waals surface area contributed by atoms with Gasteiger partial charge >= 0.3 is 0 Å². The zero-order chi connectivity index (χ0) is 20.8. The number of carbonyl (C=O) groups is 1. The van der Waals surface area contributed by atoms with Gasteiger partial charge in [-0.1, -0.05) is 25.5 Å². The first-order chi connectivity index (χ1) is 13.7. The standard InChI is InChI=1S/C23H29N3OS2/c1-6-7-12-17(27)25-21-18(20-24-15-10-8-9-11-16(15)28-20)14-13-22(2,3)26-23(4,5)19(14)29-21/h8-11,26H,6-7,12-13H2,1-5H3,(H,25,27). The third-order valence-electron chi connectivity index (χ3n) is 5.36. The number of hydrogen-bond donors (Lipinski definition) is 2. The van der Waals surface area contributed by atoms with E-state index in [9.17, 15) is 4.79 Å². The van der Waals surface area contributed by atoms with Crippen molar-refractivity contribution in [1.29, 1.82) is 0 Å². The van der Waals surface area contributed by atoms with Crippen molar-refractivity contribution in [3.05, 3.63) is 34.7 Å². The minimum Gasteiger partial charge on any atom is -0.317 e. The maximum absolute atomic E-state index is 12.6. The Kier molecular flexibility index (Phi) is 5.30. The van der Waals surface area contributed by atoms with E-state index in [-0.39, 0.29) is 17.0 Å². The van der Waals surface area contributed by atoms with Crippen molar-refractivity contribution in [1.82, 2.24) is 10.3 Å². The fourth-order valence-electron chi connectivity index (χ4n) is 4.35. The number of thiazole rings is 1. The summed E-state index contributed by atoms with van der Waals surface area (Å²) >= 11 is 3.42. The largest absolute Gasteiger partial charge is 0.317 e. The summed E-state index contributed by atoms with van der Waals surface area (Å²) in [6.07, 6.45) is 3.40. The van der Waals surface area contributed by atoms with E-state index in [0.717, 1.165) is 40.4 Å². The second-order valence-corrected chi connectivity index (χ2v) is 11.1. The number of aromatic nitrogens is 1. The van der Waals surface area contributed by atoms with Crippen molar-refractivity contribution in [2.45, 2.75) is 71.4 Å². The first kappa shape index (κ1) is 20.5. The molecule has 0 saturated heterocycles. The van der Waals surface area contributed by atoms with E-state index in [0.29, 0.717) is 6.42 Å². The summed E-state index contributed by atoms with van der Waals surface area (Å²) in [7, 11) is 0. The minimum atomic E-state index is -0.153. The van der Waals surface area contributed by atoms with Crippen LogP contribution in [0.1, 0.15) is 64.3 Å². The van der Waals surface area contributed by atoms with E-state index < -0.39 is 0 Å². The van der Waals surface area contributed by atoms with Gasteiger partial charge < -0.3 is 10.6 Å². The molecular formula is C23H29N3OS2. The summed E-state index contributed by atoms with van der Waals surface area (Å²) in [5.74, 6) is 0.0952. The fourth-order valence-corrected chi connectivity index (χ4v) is 6.75. The van der Waals surface area contributed by atoms with Gasteiger partial charge in [-0.05, 0) is 58.2 Å². The lowest BCUT2D eigenvalue weighted by molar-refractivity contribution is -0.116. The molecule has 1 aliphatic rings. The molecule has 1 aromatic carbocycles. The third-order valence-corrected chi connectivity index (χ3v) is 7.89. The van der Waals surface area contributed by atoms with Crippen LogP contribution in [0.4, 0.5) is 5.00 Å². The van der Waals surface area contributed by atoms with E-state index in [2.05, 4.69) is 63.5 Å². The molecule has 0 bridgehead atoms. The third kappa shape index (κ3) is 3.98. The van der Waals surface area contributed by atoms with Crippen LogP contribution in [-0.2, 0) is 16.8 Å². The number of anilines is 1. The molecule has 0 fully saturated rings. The smallest absolute Gasteiger partial charge is 0.224 e. The minimum absolute atomic E-state index is 0.0213. The molecule has 29 heavy (non-hydrogen) atoms. The number of para-hydroxylation sites is 1. The number of thiophene rings is 1. The Hall–Kier alpha value is -1.76. The Labute approximate surface area is 180 Å². The highest BCUT2D eigenvalue weighted by atomic mass is 32.1. The molecule has 0 saturated carbocycles. The Morgan fingerprint density at radius 3 is 2.69 bits per heavy atom. The number of hydrogen-bond acceptors (Lipinski definition) is 5. The summed E-state index contributed by atoms with van der Waals surface area (Å²) in [5, 5.41) is 8.95. The molecule has 3 aromatic rings. The van der Waals surface area contributed by atoms with E-state index in [1.165, 1.54) is 15.1 Å². The molecule has 0 unspecified atom stereocenters. The maximum Gasteiger partial charge on any atom is 0.224 e. The quantitative estimate of drug-likeness (QED) is 0.501. The van der Waals surface area contributed by atoms with Crippen LogP contribution in [0.25, 0.3) is 20.8 Å². The van der Waals surface area contributed by atoms with Crippen LogP contribution >= 0.6 is 22.7 Å². The zero-order valence-electron chi connectivity index (χ0n) is 17.8. The Morgan fingerprint density at radius 1 is 1.21 bits per heavy atom. The van der Waals surface area contributed by atoms with Crippen LogP contribution < -0.4 is 10.6 Å². The molecule has 3 heterocycles. The lowest BCUT2D eigenvalue weighted by atomic mass is 9.81. The molecule has 4 nitrogen and oxygen atoms in total. The summed E-state index contributed by atoms with van der Waals surface area (Å²) in [6, 6.07) is 8.25. The van der Waals surface area contributed by atoms with Crippen molar-refractivity contribution in [2.24, 2.45) is 0 Å². The van der Waals surface area contributed by atoms with Gasteiger partial charge in [0.1, 0.15) is 10.0 Å². The highest BCUT2D eigenvalue weighted by Gasteiger charge is 2.41. The van der Waals surface area contributed by atoms with Crippen LogP contribution in [0.15, 0.2) is 24.3 Å². The van der Waals surface area contributed by atoms with Crippen LogP contribution in [-0.4, -0.2) is 16.4 Å². The van der Waals surface area contributed by atoms with E-state index in [1.807, 2.05) is 6.07 Å². The van der Waals surface area contributed by atoms with Gasteiger partial charge in [0.2, 0.25) is 5.91 Å². The predicted molar refractivity (Wildman–Crippen MR) is 125 cm³/mol. The Bertz CT molecular complexity index is 1030. The van der Waals surface area contributed by atoms with Gasteiger partial charge in [-0.3, -0.25) is 4.79 Å². The maximum atomic E-state index is 12.6. The molecule has 0 aliphatic carbocycles. The zero-order valence-corrected chi connectivity index (χ0v) is 19.4. The van der Waals surface area contributed by atoms with Gasteiger partial charge in [-0.2, -0.15) is 0 Å². The van der Waals surface area contributed by atoms with Crippen LogP contribution in [0.2, 0.25) is 0 Å². The second-order valence-electron chi connectivity index (χ2n) is 9.06. The number of rotatable bonds is 5. The molecule has 0 atom stereocenters. The van der Waals surface area contributed by atoms with Crippen molar-refractivity contribution in [2.75, 3.05) is 5.32 Å². The van der Waals surface area contributed by atoms with Gasteiger partial charge in [0.05, 0.1) is 10.2 Å². The molecule has 1 amide bonds. The molecule has 0 spiro atoms. The summed E-state index contributed by atoms with van der Waals surface area (Å²) in [4.78, 5) is 18.8. The van der Waals surface area contributed by atoms with E-state index >= 15 is 0 Å². The van der Waals surface area contributed by atoms with Crippen LogP contribution in [0.3, 0.4) is 0 Å². The van der Waals surface area contributed by atoms with Crippen LogP contribution in [0, 0.1) is 0 Å². The monoisotopic (exact) mass is 427 g/mol. The molecular weight excluding hydrogens is 398 g/mol. The highest BCUT2D eigenvalue weighted by Crippen LogP contribution is 2.50. The molecule has 154 valence electrons. The summed E-state index contributed by atoms with van der Waals surface area (Å²) in [5.41, 5.74) is 3.29. The highest BCUT2D eigenvalue weighted by molar-refractivity contribution is 7.23. The van der Waals surface area contributed by atoms with Gasteiger partial charge in [0.15, 0.2) is 0 Å². The normalized spacial score (nSPS) is 17.3. The number of amides is 1. The van der Waals surface area contributed by atoms with Gasteiger partial charge in [-0.15, -0.1) is 22.7 Å². The first-order valence-electron chi connectivity index (χ1n) is 10.3. The summed E-state index contributed by atoms with van der Waals surface area (Å²) < 4.78 is 1.18. The predicted octanol–water partition coefficient (Wildman–Crippen LogP) is 6.31. The number of carbonyl (C=O) groups excluding carboxylic acids is 1. The van der Waals surface area contributed by atoms with Crippen molar-refractivity contribution < 1.29 is 4.79 Å². The Balaban J connectivity index is 1.87. The van der Waals surface area contributed by atoms with E-state index in [4.69, 9.17) is 4.98 Å². The van der Waals surface area contributed by atoms with Gasteiger partial charge in [0.25, 0.3) is 0 Å². The lowest BCUT2D eigenvalue weighted by Gasteiger charge is -2.42. The average Bonchev–Trinajstić information content (AvgIpc) is 3.19. The molecule has 1 aliphatic heterocycles. The lowest BCUT2D eigenvalue weighted by Crippen LogP contribution is -2.54. The number of nitrogens with zero attached hydrogens (tertiary/aromatic N) is 1. The van der Waals surface area contributed by atoms with Crippen molar-refractivity contribution in [3.63, 3.8) is 0 Å². The number of benzene rings is 1. The molecule has 0 radical (unpaired) electrons. The molecule has 2 N–H and O–H groups in total. The number of nitrogens with one attached hydrogen (secondary N) is 2. The van der Waals surface area contributed by atoms with Crippen LogP contribution in [0.5, 0.6) is 0 Å². The van der Waals surface area contributed by atoms with Crippen molar-refractivity contribution in [3.8, 4) is 10.6 Å². The second kappa shape index (κ2) is 7.49. The van der Waals surface area contributed by atoms with Crippen molar-refractivity contribution >= 4 is 43.8 Å². The Morgan fingerprint density at radius 2 is 1.97 bits per heavy atom. The first-order valence-corrected chi connectivity index (χ1v) is 11.9.